The second-order valence-electron chi connectivity index (χ2n) is 6.65. The van der Waals surface area contributed by atoms with E-state index in [4.69, 9.17) is 0 Å². The van der Waals surface area contributed by atoms with E-state index in [9.17, 15) is 4.79 Å². The highest BCUT2D eigenvalue weighted by molar-refractivity contribution is 5.93. The van der Waals surface area contributed by atoms with E-state index < -0.39 is 0 Å². The third-order valence-electron chi connectivity index (χ3n) is 4.60. The van der Waals surface area contributed by atoms with Gasteiger partial charge in [-0.2, -0.15) is 0 Å². The molecule has 2 aromatic rings. The van der Waals surface area contributed by atoms with Crippen LogP contribution in [0, 0.1) is 5.92 Å². The Morgan fingerprint density at radius 3 is 2.79 bits per heavy atom. The molecule has 0 bridgehead atoms. The maximum atomic E-state index is 12.2. The minimum absolute atomic E-state index is 0.0271. The highest BCUT2D eigenvalue weighted by Gasteiger charge is 2.23. The van der Waals surface area contributed by atoms with E-state index in [0.29, 0.717) is 12.1 Å². The van der Waals surface area contributed by atoms with Gasteiger partial charge in [-0.15, -0.1) is 0 Å². The Labute approximate surface area is 143 Å². The van der Waals surface area contributed by atoms with Crippen molar-refractivity contribution in [2.45, 2.75) is 26.2 Å². The van der Waals surface area contributed by atoms with Gasteiger partial charge < -0.3 is 5.32 Å². The molecule has 24 heavy (non-hydrogen) atoms. The van der Waals surface area contributed by atoms with Crippen LogP contribution in [0.5, 0.6) is 0 Å². The second-order valence-corrected chi connectivity index (χ2v) is 6.65. The number of H-pyrrole nitrogens is 1. The molecule has 1 aromatic heterocycles. The number of rotatable bonds is 5. The topological polar surface area (TPSA) is 46.5 Å². The Bertz CT molecular complexity index is 654. The van der Waals surface area contributed by atoms with Crippen molar-refractivity contribution in [3.63, 3.8) is 0 Å². The first-order valence-corrected chi connectivity index (χ1v) is 8.81. The molecule has 4 nitrogen and oxygen atoms in total. The zero-order valence-electron chi connectivity index (χ0n) is 14.3. The van der Waals surface area contributed by atoms with Gasteiger partial charge in [0.15, 0.2) is 0 Å². The van der Waals surface area contributed by atoms with Crippen molar-refractivity contribution in [2.75, 3.05) is 24.5 Å². The maximum Gasteiger partial charge on any atom is 0.274 e. The van der Waals surface area contributed by atoms with Crippen LogP contribution in [0.15, 0.2) is 48.7 Å². The van der Waals surface area contributed by atoms with E-state index in [1.165, 1.54) is 18.4 Å². The van der Waals surface area contributed by atoms with Crippen molar-refractivity contribution in [1.82, 2.24) is 5.32 Å². The van der Waals surface area contributed by atoms with Gasteiger partial charge in [-0.05, 0) is 36.8 Å². The van der Waals surface area contributed by atoms with Gasteiger partial charge in [-0.1, -0.05) is 37.3 Å². The molecular weight excluding hydrogens is 298 g/mol. The number of carbonyl (C=O) groups is 1. The molecule has 4 heteroatoms. The lowest BCUT2D eigenvalue weighted by atomic mass is 10.0. The molecule has 2 N–H and O–H groups in total. The highest BCUT2D eigenvalue weighted by atomic mass is 16.1. The van der Waals surface area contributed by atoms with Crippen molar-refractivity contribution in [3.05, 3.63) is 59.8 Å². The number of benzene rings is 1. The third kappa shape index (κ3) is 4.34. The van der Waals surface area contributed by atoms with Gasteiger partial charge in [0.2, 0.25) is 0 Å². The lowest BCUT2D eigenvalue weighted by Gasteiger charge is -2.25. The number of aromatic nitrogens is 1. The van der Waals surface area contributed by atoms with Gasteiger partial charge >= 0.3 is 0 Å². The Morgan fingerprint density at radius 1 is 1.25 bits per heavy atom. The molecule has 1 amide bonds. The van der Waals surface area contributed by atoms with E-state index in [2.05, 4.69) is 34.3 Å². The van der Waals surface area contributed by atoms with Gasteiger partial charge in [0.25, 0.3) is 11.7 Å². The molecule has 1 aliphatic heterocycles. The first-order valence-electron chi connectivity index (χ1n) is 8.81. The third-order valence-corrected chi connectivity index (χ3v) is 4.60. The van der Waals surface area contributed by atoms with Gasteiger partial charge in [-0.25, -0.2) is 4.98 Å². The number of nitrogens with zero attached hydrogens (tertiary/aromatic N) is 1. The average Bonchev–Trinajstić information content (AvgIpc) is 2.63. The van der Waals surface area contributed by atoms with Gasteiger partial charge in [0, 0.05) is 12.6 Å². The van der Waals surface area contributed by atoms with Crippen molar-refractivity contribution < 1.29 is 9.78 Å². The summed E-state index contributed by atoms with van der Waals surface area (Å²) in [5.41, 5.74) is 1.91. The molecule has 1 aliphatic rings. The molecule has 3 rings (SSSR count). The fraction of sp³-hybridized carbons (Fsp3) is 0.400. The van der Waals surface area contributed by atoms with Crippen molar-refractivity contribution in [1.29, 1.82) is 0 Å². The molecule has 1 atom stereocenters. The number of carbonyl (C=O) groups excluding carboxylic acids is 1. The lowest BCUT2D eigenvalue weighted by Crippen LogP contribution is -2.38. The first kappa shape index (κ1) is 16.5. The summed E-state index contributed by atoms with van der Waals surface area (Å²) in [5, 5.41) is 2.98. The Hall–Kier alpha value is -2.36. The van der Waals surface area contributed by atoms with Crippen LogP contribution < -0.4 is 15.2 Å². The maximum absolute atomic E-state index is 12.2. The molecule has 2 heterocycles. The summed E-state index contributed by atoms with van der Waals surface area (Å²) in [4.78, 5) is 17.9. The van der Waals surface area contributed by atoms with E-state index in [1.54, 1.807) is 0 Å². The van der Waals surface area contributed by atoms with Crippen molar-refractivity contribution in [2.24, 2.45) is 5.92 Å². The second kappa shape index (κ2) is 7.95. The van der Waals surface area contributed by atoms with Crippen LogP contribution in [0.1, 0.15) is 35.7 Å². The summed E-state index contributed by atoms with van der Waals surface area (Å²) in [6, 6.07) is 14.1. The lowest BCUT2D eigenvalue weighted by molar-refractivity contribution is -0.364. The number of aromatic amines is 1. The first-order chi connectivity index (χ1) is 11.7. The monoisotopic (exact) mass is 324 g/mol. The molecule has 0 saturated carbocycles. The predicted octanol–water partition coefficient (Wildman–Crippen LogP) is 2.71. The summed E-state index contributed by atoms with van der Waals surface area (Å²) in [7, 11) is 0. The number of piperidine rings is 1. The van der Waals surface area contributed by atoms with Gasteiger partial charge in [-0.3, -0.25) is 9.69 Å². The number of hydrogen-bond donors (Lipinski definition) is 1. The quantitative estimate of drug-likeness (QED) is 0.919. The molecule has 1 fully saturated rings. The zero-order chi connectivity index (χ0) is 16.8. The zero-order valence-corrected chi connectivity index (χ0v) is 14.3. The average molecular weight is 324 g/mol. The molecule has 126 valence electrons. The number of nitrogens with one attached hydrogen (secondary N) is 2. The summed E-state index contributed by atoms with van der Waals surface area (Å²) >= 11 is 0. The fourth-order valence-corrected chi connectivity index (χ4v) is 3.23. The van der Waals surface area contributed by atoms with Crippen LogP contribution in [-0.2, 0) is 6.42 Å². The van der Waals surface area contributed by atoms with E-state index in [1.807, 2.05) is 36.5 Å². The summed E-state index contributed by atoms with van der Waals surface area (Å²) in [5.74, 6) is 1.80. The Balaban J connectivity index is 1.52. The highest BCUT2D eigenvalue weighted by Crippen LogP contribution is 2.19. The molecule has 0 radical (unpaired) electrons. The summed E-state index contributed by atoms with van der Waals surface area (Å²) in [6.45, 7) is 5.11. The Morgan fingerprint density at radius 2 is 2.08 bits per heavy atom. The SMILES string of the molecule is C[C@H]1CCCN(c2ccc(C(=O)NCCc3ccccc3)c[nH+]2)C1. The number of hydrogen-bond acceptors (Lipinski definition) is 2. The van der Waals surface area contributed by atoms with Gasteiger partial charge in [0.05, 0.1) is 18.7 Å². The van der Waals surface area contributed by atoms with Crippen LogP contribution in [0.4, 0.5) is 5.82 Å². The minimum atomic E-state index is -0.0271. The number of amides is 1. The van der Waals surface area contributed by atoms with E-state index in [-0.39, 0.29) is 5.91 Å². The van der Waals surface area contributed by atoms with Crippen LogP contribution in [0.25, 0.3) is 0 Å². The molecule has 1 aromatic carbocycles. The Kier molecular flexibility index (Phi) is 5.47. The van der Waals surface area contributed by atoms with Crippen LogP contribution in [0.3, 0.4) is 0 Å². The summed E-state index contributed by atoms with van der Waals surface area (Å²) in [6.07, 6.45) is 5.20. The van der Waals surface area contributed by atoms with Crippen LogP contribution in [0.2, 0.25) is 0 Å². The van der Waals surface area contributed by atoms with Crippen molar-refractivity contribution >= 4 is 11.7 Å². The van der Waals surface area contributed by atoms with Gasteiger partial charge in [0.1, 0.15) is 6.20 Å². The van der Waals surface area contributed by atoms with E-state index in [0.717, 1.165) is 31.2 Å². The smallest absolute Gasteiger partial charge is 0.274 e. The number of anilines is 1. The standard InChI is InChI=1S/C20H25N3O/c1-16-6-5-13-23(15-16)19-10-9-18(14-22-19)20(24)21-12-11-17-7-3-2-4-8-17/h2-4,7-10,14,16H,5-6,11-13,15H2,1H3,(H,21,24)/p+1/t16-/m0/s1. The summed E-state index contributed by atoms with van der Waals surface area (Å²) < 4.78 is 0. The minimum Gasteiger partial charge on any atom is -0.352 e. The molecule has 1 saturated heterocycles. The number of pyridine rings is 1. The molecule has 0 aliphatic carbocycles. The van der Waals surface area contributed by atoms with E-state index >= 15 is 0 Å². The molecule has 0 unspecified atom stereocenters. The largest absolute Gasteiger partial charge is 0.352 e. The van der Waals surface area contributed by atoms with Crippen LogP contribution in [-0.4, -0.2) is 25.5 Å². The molecule has 0 spiro atoms. The normalized spacial score (nSPS) is 17.5. The van der Waals surface area contributed by atoms with Crippen molar-refractivity contribution in [3.8, 4) is 0 Å². The fourth-order valence-electron chi connectivity index (χ4n) is 3.23. The van der Waals surface area contributed by atoms with Crippen LogP contribution >= 0.6 is 0 Å². The molecular formula is C20H26N3O+. The predicted molar refractivity (Wildman–Crippen MR) is 96.1 cm³/mol.